The van der Waals surface area contributed by atoms with Crippen molar-refractivity contribution in [3.8, 4) is 0 Å². The Labute approximate surface area is 208 Å². The number of pyridine rings is 1. The Hall–Kier alpha value is -4.97. The summed E-state index contributed by atoms with van der Waals surface area (Å²) < 4.78 is 0.748. The number of carbonyl (C=O) groups excluding carboxylic acids is 3. The van der Waals surface area contributed by atoms with Crippen LogP contribution in [0.25, 0.3) is 10.9 Å². The van der Waals surface area contributed by atoms with Crippen LogP contribution in [-0.4, -0.2) is 38.1 Å². The SMILES string of the molecule is C/C(=N/NC(=O)c1ccncc1)c1ccc(NC(=O)C(=O)Nn2c(=S)[nH]c3ccccc3c2=O)cc1. The summed E-state index contributed by atoms with van der Waals surface area (Å²) in [7, 11) is 0. The van der Waals surface area contributed by atoms with Gasteiger partial charge in [-0.3, -0.25) is 24.2 Å². The lowest BCUT2D eigenvalue weighted by atomic mass is 10.1. The predicted octanol–water partition coefficient (Wildman–Crippen LogP) is 2.32. The highest BCUT2D eigenvalue weighted by molar-refractivity contribution is 7.71. The Morgan fingerprint density at radius 3 is 2.36 bits per heavy atom. The third kappa shape index (κ3) is 5.39. The highest BCUT2D eigenvalue weighted by atomic mass is 32.1. The van der Waals surface area contributed by atoms with Crippen LogP contribution in [0.2, 0.25) is 0 Å². The van der Waals surface area contributed by atoms with Crippen molar-refractivity contribution in [3.63, 3.8) is 0 Å². The molecular weight excluding hydrogens is 482 g/mol. The van der Waals surface area contributed by atoms with E-state index in [2.05, 4.69) is 31.2 Å². The van der Waals surface area contributed by atoms with Crippen LogP contribution in [0.3, 0.4) is 0 Å². The second kappa shape index (κ2) is 10.5. The zero-order valence-electron chi connectivity index (χ0n) is 18.8. The van der Waals surface area contributed by atoms with Gasteiger partial charge in [-0.2, -0.15) is 9.78 Å². The van der Waals surface area contributed by atoms with Gasteiger partial charge in [0.05, 0.1) is 16.6 Å². The smallest absolute Gasteiger partial charge is 0.328 e. The van der Waals surface area contributed by atoms with E-state index in [-0.39, 0.29) is 10.7 Å². The Morgan fingerprint density at radius 2 is 1.64 bits per heavy atom. The molecule has 0 aliphatic rings. The topological polar surface area (TPSA) is 150 Å². The minimum Gasteiger partial charge on any atom is -0.330 e. The van der Waals surface area contributed by atoms with E-state index in [9.17, 15) is 19.2 Å². The van der Waals surface area contributed by atoms with E-state index >= 15 is 0 Å². The van der Waals surface area contributed by atoms with Crippen molar-refractivity contribution >= 4 is 52.2 Å². The van der Waals surface area contributed by atoms with Crippen molar-refractivity contribution in [1.29, 1.82) is 0 Å². The predicted molar refractivity (Wildman–Crippen MR) is 137 cm³/mol. The van der Waals surface area contributed by atoms with Crippen molar-refractivity contribution in [2.45, 2.75) is 6.92 Å². The fourth-order valence-corrected chi connectivity index (χ4v) is 3.40. The first-order valence-electron chi connectivity index (χ1n) is 10.5. The second-order valence-corrected chi connectivity index (χ2v) is 7.85. The van der Waals surface area contributed by atoms with Gasteiger partial charge in [-0.25, -0.2) is 10.9 Å². The normalized spacial score (nSPS) is 11.1. The van der Waals surface area contributed by atoms with Gasteiger partial charge in [0.1, 0.15) is 0 Å². The lowest BCUT2D eigenvalue weighted by Crippen LogP contribution is -2.40. The van der Waals surface area contributed by atoms with Gasteiger partial charge in [-0.1, -0.05) is 24.3 Å². The zero-order valence-corrected chi connectivity index (χ0v) is 19.6. The number of fused-ring (bicyclic) bond motifs is 1. The van der Waals surface area contributed by atoms with E-state index in [1.807, 2.05) is 0 Å². The quantitative estimate of drug-likeness (QED) is 0.143. The summed E-state index contributed by atoms with van der Waals surface area (Å²) >= 11 is 5.13. The Balaban J connectivity index is 1.40. The van der Waals surface area contributed by atoms with Crippen LogP contribution in [0.5, 0.6) is 0 Å². The van der Waals surface area contributed by atoms with E-state index in [1.54, 1.807) is 67.6 Å². The highest BCUT2D eigenvalue weighted by Crippen LogP contribution is 2.11. The standard InChI is InChI=1S/C24H19N7O4S/c1-14(28-29-20(32)16-10-12-25-13-11-16)15-6-8-17(9-7-15)26-21(33)22(34)30-31-23(35)18-4-2-3-5-19(18)27-24(31)36/h2-13H,1H3,(H,26,33)(H,27,36)(H,29,32)(H,30,34)/b28-14-. The molecule has 0 bridgehead atoms. The minimum absolute atomic E-state index is 0.0602. The maximum atomic E-state index is 12.6. The fraction of sp³-hybridized carbons (Fsp3) is 0.0417. The number of nitrogens with one attached hydrogen (secondary N) is 4. The molecule has 0 saturated carbocycles. The molecule has 3 amide bonds. The summed E-state index contributed by atoms with van der Waals surface area (Å²) in [6.45, 7) is 1.71. The molecule has 0 unspecified atom stereocenters. The van der Waals surface area contributed by atoms with Crippen LogP contribution in [0.15, 0.2) is 83.0 Å². The molecule has 0 saturated heterocycles. The molecule has 0 aliphatic heterocycles. The number of anilines is 1. The number of hydrogen-bond donors (Lipinski definition) is 4. The average Bonchev–Trinajstić information content (AvgIpc) is 2.90. The molecule has 4 N–H and O–H groups in total. The summed E-state index contributed by atoms with van der Waals surface area (Å²) in [5, 5.41) is 6.83. The van der Waals surface area contributed by atoms with Crippen LogP contribution in [-0.2, 0) is 9.59 Å². The lowest BCUT2D eigenvalue weighted by Gasteiger charge is -2.10. The average molecular weight is 502 g/mol. The van der Waals surface area contributed by atoms with Crippen molar-refractivity contribution in [3.05, 3.63) is 99.3 Å². The molecule has 0 radical (unpaired) electrons. The van der Waals surface area contributed by atoms with Gasteiger partial charge >= 0.3 is 11.8 Å². The Kier molecular flexibility index (Phi) is 7.07. The molecule has 2 heterocycles. The van der Waals surface area contributed by atoms with E-state index in [1.165, 1.54) is 12.4 Å². The molecule has 180 valence electrons. The first-order chi connectivity index (χ1) is 17.3. The maximum absolute atomic E-state index is 12.6. The van der Waals surface area contributed by atoms with Crippen LogP contribution >= 0.6 is 12.2 Å². The third-order valence-corrected chi connectivity index (χ3v) is 5.34. The van der Waals surface area contributed by atoms with Gasteiger partial charge in [0, 0.05) is 23.6 Å². The minimum atomic E-state index is -1.08. The van der Waals surface area contributed by atoms with Crippen molar-refractivity contribution in [1.82, 2.24) is 20.1 Å². The van der Waals surface area contributed by atoms with E-state index in [0.29, 0.717) is 33.4 Å². The van der Waals surface area contributed by atoms with Gasteiger partial charge in [0.25, 0.3) is 11.5 Å². The van der Waals surface area contributed by atoms with Crippen LogP contribution in [0.1, 0.15) is 22.8 Å². The van der Waals surface area contributed by atoms with Crippen molar-refractivity contribution in [2.24, 2.45) is 5.10 Å². The summed E-state index contributed by atoms with van der Waals surface area (Å²) in [6.07, 6.45) is 3.01. The molecule has 2 aromatic heterocycles. The molecule has 0 spiro atoms. The summed E-state index contributed by atoms with van der Waals surface area (Å²) in [5.74, 6) is -2.45. The zero-order chi connectivity index (χ0) is 25.7. The highest BCUT2D eigenvalue weighted by Gasteiger charge is 2.16. The van der Waals surface area contributed by atoms with Crippen LogP contribution < -0.4 is 21.7 Å². The van der Waals surface area contributed by atoms with Crippen LogP contribution in [0.4, 0.5) is 5.69 Å². The monoisotopic (exact) mass is 501 g/mol. The van der Waals surface area contributed by atoms with E-state index in [4.69, 9.17) is 12.2 Å². The molecule has 0 fully saturated rings. The Bertz CT molecular complexity index is 1610. The summed E-state index contributed by atoms with van der Waals surface area (Å²) in [6, 6.07) is 16.3. The van der Waals surface area contributed by atoms with Gasteiger partial charge < -0.3 is 10.3 Å². The summed E-state index contributed by atoms with van der Waals surface area (Å²) in [5.41, 5.74) is 6.59. The number of carbonyl (C=O) groups is 3. The van der Waals surface area contributed by atoms with Gasteiger partial charge in [-0.05, 0) is 61.1 Å². The number of rotatable bonds is 5. The number of aromatic nitrogens is 3. The number of hydrazone groups is 1. The molecule has 2 aromatic carbocycles. The molecule has 36 heavy (non-hydrogen) atoms. The number of H-pyrrole nitrogens is 1. The molecule has 0 atom stereocenters. The van der Waals surface area contributed by atoms with Gasteiger partial charge in [-0.15, -0.1) is 0 Å². The fourth-order valence-electron chi connectivity index (χ4n) is 3.17. The number of aromatic amines is 1. The second-order valence-electron chi connectivity index (χ2n) is 7.46. The number of amides is 3. The molecule has 12 heteroatoms. The number of benzene rings is 2. The molecular formula is C24H19N7O4S. The van der Waals surface area contributed by atoms with Crippen molar-refractivity contribution < 1.29 is 14.4 Å². The molecule has 4 aromatic rings. The molecule has 0 aliphatic carbocycles. The number of nitrogens with zero attached hydrogens (tertiary/aromatic N) is 3. The first kappa shape index (κ1) is 24.2. The van der Waals surface area contributed by atoms with Crippen LogP contribution in [0, 0.1) is 4.77 Å². The number of para-hydroxylation sites is 1. The maximum Gasteiger partial charge on any atom is 0.328 e. The van der Waals surface area contributed by atoms with E-state index < -0.39 is 17.4 Å². The Morgan fingerprint density at radius 1 is 0.944 bits per heavy atom. The van der Waals surface area contributed by atoms with Crippen molar-refractivity contribution in [2.75, 3.05) is 10.7 Å². The third-order valence-electron chi connectivity index (χ3n) is 5.05. The largest absolute Gasteiger partial charge is 0.330 e. The summed E-state index contributed by atoms with van der Waals surface area (Å²) in [4.78, 5) is 56.2. The molecule has 11 nitrogen and oxygen atoms in total. The lowest BCUT2D eigenvalue weighted by molar-refractivity contribution is -0.133. The van der Waals surface area contributed by atoms with E-state index in [0.717, 1.165) is 4.68 Å². The number of hydrogen-bond acceptors (Lipinski definition) is 7. The molecule has 4 rings (SSSR count). The first-order valence-corrected chi connectivity index (χ1v) is 11.0. The van der Waals surface area contributed by atoms with Gasteiger partial charge in [0.2, 0.25) is 0 Å². The van der Waals surface area contributed by atoms with Gasteiger partial charge in [0.15, 0.2) is 4.77 Å².